The molecule has 0 aliphatic heterocycles. The predicted molar refractivity (Wildman–Crippen MR) is 82.5 cm³/mol. The van der Waals surface area contributed by atoms with Crippen molar-refractivity contribution >= 4 is 11.8 Å². The van der Waals surface area contributed by atoms with Crippen molar-refractivity contribution in [2.75, 3.05) is 0 Å². The van der Waals surface area contributed by atoms with E-state index >= 15 is 0 Å². The zero-order valence-electron chi connectivity index (χ0n) is 13.3. The van der Waals surface area contributed by atoms with Gasteiger partial charge in [-0.25, -0.2) is 4.68 Å². The van der Waals surface area contributed by atoms with E-state index in [2.05, 4.69) is 46.4 Å². The van der Waals surface area contributed by atoms with Gasteiger partial charge in [0.25, 0.3) is 0 Å². The average molecular weight is 322 g/mol. The molecule has 0 aromatic carbocycles. The van der Waals surface area contributed by atoms with Crippen molar-refractivity contribution in [1.82, 2.24) is 30.3 Å². The molecule has 0 radical (unpaired) electrons. The molecule has 1 aliphatic carbocycles. The molecule has 0 bridgehead atoms. The van der Waals surface area contributed by atoms with Gasteiger partial charge in [0.05, 0.1) is 11.8 Å². The van der Waals surface area contributed by atoms with Crippen LogP contribution in [0.2, 0.25) is 0 Å². The zero-order chi connectivity index (χ0) is 15.6. The molecule has 1 aliphatic rings. The summed E-state index contributed by atoms with van der Waals surface area (Å²) in [4.78, 5) is 4.45. The van der Waals surface area contributed by atoms with Gasteiger partial charge in [-0.15, -0.1) is 5.10 Å². The van der Waals surface area contributed by atoms with Crippen molar-refractivity contribution in [2.24, 2.45) is 0 Å². The maximum absolute atomic E-state index is 5.32. The number of nitrogens with zero attached hydrogens (tertiary/aromatic N) is 6. The molecule has 120 valence electrons. The lowest BCUT2D eigenvalue weighted by Gasteiger charge is -2.21. The summed E-state index contributed by atoms with van der Waals surface area (Å²) in [6, 6.07) is 0.430. The van der Waals surface area contributed by atoms with Crippen LogP contribution in [0.5, 0.6) is 0 Å². The van der Waals surface area contributed by atoms with Gasteiger partial charge in [0.15, 0.2) is 5.82 Å². The molecule has 0 atom stereocenters. The topological polar surface area (TPSA) is 82.5 Å². The molecule has 0 spiro atoms. The summed E-state index contributed by atoms with van der Waals surface area (Å²) in [5, 5.41) is 17.0. The van der Waals surface area contributed by atoms with Crippen molar-refractivity contribution in [3.8, 4) is 0 Å². The van der Waals surface area contributed by atoms with Crippen LogP contribution in [0, 0.1) is 0 Å². The van der Waals surface area contributed by atoms with Gasteiger partial charge in [0.2, 0.25) is 11.0 Å². The van der Waals surface area contributed by atoms with E-state index in [1.807, 2.05) is 4.68 Å². The number of hydrogen-bond acceptors (Lipinski definition) is 7. The highest BCUT2D eigenvalue weighted by Crippen LogP contribution is 2.31. The Hall–Kier alpha value is -1.44. The minimum atomic E-state index is -0.101. The van der Waals surface area contributed by atoms with Crippen molar-refractivity contribution in [3.63, 3.8) is 0 Å². The van der Waals surface area contributed by atoms with Gasteiger partial charge in [-0.2, -0.15) is 4.98 Å². The quantitative estimate of drug-likeness (QED) is 0.799. The highest BCUT2D eigenvalue weighted by molar-refractivity contribution is 7.98. The first-order valence-corrected chi connectivity index (χ1v) is 8.76. The fraction of sp³-hybridized carbons (Fsp3) is 0.786. The minimum Gasteiger partial charge on any atom is -0.338 e. The van der Waals surface area contributed by atoms with Gasteiger partial charge < -0.3 is 4.52 Å². The SMILES string of the molecule is CC(C)(C)c1noc(CSc2nnnn2C2CCCCC2)n1. The molecular weight excluding hydrogens is 300 g/mol. The number of rotatable bonds is 4. The summed E-state index contributed by atoms with van der Waals surface area (Å²) in [7, 11) is 0. The van der Waals surface area contributed by atoms with Crippen molar-refractivity contribution in [2.45, 2.75) is 75.2 Å². The number of thioether (sulfide) groups is 1. The Morgan fingerprint density at radius 1 is 1.23 bits per heavy atom. The van der Waals surface area contributed by atoms with Crippen LogP contribution in [0.15, 0.2) is 9.68 Å². The molecule has 3 rings (SSSR count). The molecule has 2 heterocycles. The molecule has 1 fully saturated rings. The average Bonchev–Trinajstić information content (AvgIpc) is 3.14. The van der Waals surface area contributed by atoms with Gasteiger partial charge in [-0.1, -0.05) is 57.0 Å². The Morgan fingerprint density at radius 2 is 2.00 bits per heavy atom. The number of aromatic nitrogens is 6. The molecule has 8 heteroatoms. The predicted octanol–water partition coefficient (Wildman–Crippen LogP) is 3.15. The van der Waals surface area contributed by atoms with E-state index in [0.29, 0.717) is 17.7 Å². The van der Waals surface area contributed by atoms with Crippen LogP contribution in [0.3, 0.4) is 0 Å². The fourth-order valence-corrected chi connectivity index (χ4v) is 3.36. The van der Waals surface area contributed by atoms with Crippen molar-refractivity contribution in [3.05, 3.63) is 11.7 Å². The van der Waals surface area contributed by atoms with Gasteiger partial charge >= 0.3 is 0 Å². The largest absolute Gasteiger partial charge is 0.338 e. The third-order valence-corrected chi connectivity index (χ3v) is 4.77. The first-order valence-electron chi connectivity index (χ1n) is 7.78. The maximum atomic E-state index is 5.32. The second kappa shape index (κ2) is 6.36. The zero-order valence-corrected chi connectivity index (χ0v) is 14.1. The Labute approximate surface area is 134 Å². The second-order valence-electron chi connectivity index (χ2n) is 6.75. The lowest BCUT2D eigenvalue weighted by atomic mass is 9.96. The van der Waals surface area contributed by atoms with Crippen LogP contribution in [-0.4, -0.2) is 30.3 Å². The summed E-state index contributed by atoms with van der Waals surface area (Å²) >= 11 is 1.56. The molecular formula is C14H22N6OS. The lowest BCUT2D eigenvalue weighted by Crippen LogP contribution is -2.15. The summed E-state index contributed by atoms with van der Waals surface area (Å²) in [6.07, 6.45) is 6.15. The Bertz CT molecular complexity index is 611. The van der Waals surface area contributed by atoms with Gasteiger partial charge in [0, 0.05) is 5.41 Å². The maximum Gasteiger partial charge on any atom is 0.237 e. The summed E-state index contributed by atoms with van der Waals surface area (Å²) < 4.78 is 7.28. The molecule has 1 saturated carbocycles. The molecule has 7 nitrogen and oxygen atoms in total. The van der Waals surface area contributed by atoms with Crippen molar-refractivity contribution in [1.29, 1.82) is 0 Å². The normalized spacial score (nSPS) is 17.0. The molecule has 0 saturated heterocycles. The van der Waals surface area contributed by atoms with Crippen molar-refractivity contribution < 1.29 is 4.52 Å². The van der Waals surface area contributed by atoms with E-state index in [4.69, 9.17) is 4.52 Å². The fourth-order valence-electron chi connectivity index (χ4n) is 2.58. The standard InChI is InChI=1S/C14H22N6OS/c1-14(2,3)12-15-11(21-17-12)9-22-13-16-18-19-20(13)10-7-5-4-6-8-10/h10H,4-9H2,1-3H3. The van der Waals surface area contributed by atoms with E-state index in [9.17, 15) is 0 Å². The second-order valence-corrected chi connectivity index (χ2v) is 7.69. The smallest absolute Gasteiger partial charge is 0.237 e. The third-order valence-electron chi connectivity index (χ3n) is 3.85. The number of tetrazole rings is 1. The summed E-state index contributed by atoms with van der Waals surface area (Å²) in [5.74, 6) is 1.94. The molecule has 0 N–H and O–H groups in total. The Kier molecular flexibility index (Phi) is 4.46. The van der Waals surface area contributed by atoms with Gasteiger partial charge in [-0.3, -0.25) is 0 Å². The minimum absolute atomic E-state index is 0.101. The van der Waals surface area contributed by atoms with Crippen LogP contribution in [0.4, 0.5) is 0 Å². The van der Waals surface area contributed by atoms with Crippen LogP contribution in [0.25, 0.3) is 0 Å². The molecule has 2 aromatic rings. The highest BCUT2D eigenvalue weighted by atomic mass is 32.2. The first kappa shape index (κ1) is 15.5. The highest BCUT2D eigenvalue weighted by Gasteiger charge is 2.23. The molecule has 2 aromatic heterocycles. The Morgan fingerprint density at radius 3 is 2.68 bits per heavy atom. The van der Waals surface area contributed by atoms with Crippen LogP contribution < -0.4 is 0 Å². The monoisotopic (exact) mass is 322 g/mol. The number of hydrogen-bond donors (Lipinski definition) is 0. The Balaban J connectivity index is 1.64. The molecule has 0 unspecified atom stereocenters. The first-order chi connectivity index (χ1) is 10.5. The van der Waals surface area contributed by atoms with E-state index in [1.54, 1.807) is 11.8 Å². The van der Waals surface area contributed by atoms with E-state index in [0.717, 1.165) is 23.8 Å². The van der Waals surface area contributed by atoms with Crippen LogP contribution in [0.1, 0.15) is 70.6 Å². The summed E-state index contributed by atoms with van der Waals surface area (Å²) in [5.41, 5.74) is -0.101. The van der Waals surface area contributed by atoms with E-state index in [1.165, 1.54) is 19.3 Å². The third kappa shape index (κ3) is 3.48. The van der Waals surface area contributed by atoms with Gasteiger partial charge in [0.1, 0.15) is 0 Å². The van der Waals surface area contributed by atoms with E-state index < -0.39 is 0 Å². The van der Waals surface area contributed by atoms with Crippen LogP contribution in [-0.2, 0) is 11.2 Å². The summed E-state index contributed by atoms with van der Waals surface area (Å²) in [6.45, 7) is 6.20. The molecule has 0 amide bonds. The molecule has 22 heavy (non-hydrogen) atoms. The van der Waals surface area contributed by atoms with Crippen LogP contribution >= 0.6 is 11.8 Å². The lowest BCUT2D eigenvalue weighted by molar-refractivity contribution is 0.307. The van der Waals surface area contributed by atoms with Gasteiger partial charge in [-0.05, 0) is 23.3 Å². The van der Waals surface area contributed by atoms with E-state index in [-0.39, 0.29) is 5.41 Å².